The highest BCUT2D eigenvalue weighted by Gasteiger charge is 2.59. The van der Waals surface area contributed by atoms with E-state index in [4.69, 9.17) is 9.47 Å². The number of nitrogens with zero attached hydrogens (tertiary/aromatic N) is 1. The lowest BCUT2D eigenvalue weighted by molar-refractivity contribution is -0.167. The summed E-state index contributed by atoms with van der Waals surface area (Å²) in [5.41, 5.74) is 6.31. The van der Waals surface area contributed by atoms with Crippen molar-refractivity contribution in [3.63, 3.8) is 0 Å². The van der Waals surface area contributed by atoms with Gasteiger partial charge in [0.2, 0.25) is 0 Å². The van der Waals surface area contributed by atoms with Crippen molar-refractivity contribution < 1.29 is 14.3 Å². The molecule has 3 aliphatic carbocycles. The minimum atomic E-state index is -0.100. The first-order valence-corrected chi connectivity index (χ1v) is 14.4. The average molecular weight is 508 g/mol. The van der Waals surface area contributed by atoms with E-state index in [1.807, 2.05) is 0 Å². The molecule has 3 aromatic rings. The van der Waals surface area contributed by atoms with Gasteiger partial charge in [-0.2, -0.15) is 0 Å². The second-order valence-electron chi connectivity index (χ2n) is 11.9. The van der Waals surface area contributed by atoms with Gasteiger partial charge >= 0.3 is 5.97 Å². The van der Waals surface area contributed by atoms with Crippen LogP contribution < -0.4 is 0 Å². The predicted molar refractivity (Wildman–Crippen MR) is 148 cm³/mol. The van der Waals surface area contributed by atoms with Crippen LogP contribution in [0, 0.1) is 5.92 Å². The van der Waals surface area contributed by atoms with Gasteiger partial charge in [-0.1, -0.05) is 78.9 Å². The number of benzene rings is 3. The van der Waals surface area contributed by atoms with Crippen LogP contribution in [-0.2, 0) is 33.9 Å². The molecule has 2 heterocycles. The average Bonchev–Trinajstić information content (AvgIpc) is 3.67. The quantitative estimate of drug-likeness (QED) is 0.363. The number of likely N-dealkylation sites (tertiary alicyclic amines) is 1. The molecule has 0 spiro atoms. The Bertz CT molecular complexity index is 1230. The zero-order chi connectivity index (χ0) is 25.5. The van der Waals surface area contributed by atoms with Gasteiger partial charge in [-0.15, -0.1) is 0 Å². The Hall–Kier alpha value is -2.95. The number of hydrogen-bond donors (Lipinski definition) is 0. The van der Waals surface area contributed by atoms with Crippen molar-refractivity contribution >= 4 is 5.97 Å². The first kappa shape index (κ1) is 24.1. The van der Waals surface area contributed by atoms with Gasteiger partial charge < -0.3 is 9.47 Å². The van der Waals surface area contributed by atoms with Crippen LogP contribution in [0.5, 0.6) is 0 Å². The minimum absolute atomic E-state index is 0.0715. The molecule has 5 aliphatic rings. The highest BCUT2D eigenvalue weighted by Crippen LogP contribution is 2.61. The number of esters is 1. The molecule has 38 heavy (non-hydrogen) atoms. The summed E-state index contributed by atoms with van der Waals surface area (Å²) >= 11 is 0. The molecule has 0 amide bonds. The van der Waals surface area contributed by atoms with Gasteiger partial charge in [0.05, 0.1) is 19.6 Å². The van der Waals surface area contributed by atoms with Gasteiger partial charge in [0.1, 0.15) is 6.10 Å². The maximum atomic E-state index is 13.5. The van der Waals surface area contributed by atoms with Gasteiger partial charge in [0, 0.05) is 17.9 Å². The number of carbonyl (C=O) groups excluding carboxylic acids is 1. The fourth-order valence-corrected chi connectivity index (χ4v) is 8.14. The Balaban J connectivity index is 1.23. The third kappa shape index (κ3) is 4.38. The Kier molecular flexibility index (Phi) is 6.33. The molecule has 2 bridgehead atoms. The lowest BCUT2D eigenvalue weighted by atomic mass is 9.51. The molecule has 4 fully saturated rings. The monoisotopic (exact) mass is 507 g/mol. The minimum Gasteiger partial charge on any atom is -0.462 e. The standard InChI is InChI=1S/C34H37NO3/c36-32(18-24-13-14-27-22-37-23-28(27)17-24)38-31-21-34(35-15-7-8-16-35)19-29(25-9-3-1-4-10-25)33(31)30(20-34)26-11-5-2-6-12-26/h1-6,9-14,17,29-31,33H,7-8,15-16,18-23H2/t29-,30-,31+,33?,34?/m0/s1. The number of hydrogen-bond acceptors (Lipinski definition) is 4. The van der Waals surface area contributed by atoms with Crippen LogP contribution in [0.15, 0.2) is 78.9 Å². The maximum absolute atomic E-state index is 13.5. The van der Waals surface area contributed by atoms with Gasteiger partial charge in [-0.3, -0.25) is 9.69 Å². The fourth-order valence-electron chi connectivity index (χ4n) is 8.14. The molecule has 3 aromatic carbocycles. The van der Waals surface area contributed by atoms with Gasteiger partial charge in [0.15, 0.2) is 0 Å². The van der Waals surface area contributed by atoms with E-state index in [-0.39, 0.29) is 23.5 Å². The van der Waals surface area contributed by atoms with Crippen LogP contribution in [0.4, 0.5) is 0 Å². The second kappa shape index (κ2) is 9.98. The highest BCUT2D eigenvalue weighted by atomic mass is 16.5. The molecular formula is C34H37NO3. The summed E-state index contributed by atoms with van der Waals surface area (Å²) in [5, 5.41) is 0. The summed E-state index contributed by atoms with van der Waals surface area (Å²) in [7, 11) is 0. The highest BCUT2D eigenvalue weighted by molar-refractivity contribution is 5.73. The zero-order valence-electron chi connectivity index (χ0n) is 22.1. The van der Waals surface area contributed by atoms with Crippen LogP contribution in [0.1, 0.15) is 71.8 Å². The molecule has 0 unspecified atom stereocenters. The Morgan fingerprint density at radius 2 is 1.45 bits per heavy atom. The van der Waals surface area contributed by atoms with Crippen molar-refractivity contribution in [3.05, 3.63) is 107 Å². The molecule has 3 saturated carbocycles. The van der Waals surface area contributed by atoms with Crippen LogP contribution >= 0.6 is 0 Å². The molecule has 0 aromatic heterocycles. The summed E-state index contributed by atoms with van der Waals surface area (Å²) in [4.78, 5) is 16.3. The number of ether oxygens (including phenoxy) is 2. The summed E-state index contributed by atoms with van der Waals surface area (Å²) < 4.78 is 12.1. The lowest BCUT2D eigenvalue weighted by Gasteiger charge is -2.61. The van der Waals surface area contributed by atoms with Crippen molar-refractivity contribution in [2.24, 2.45) is 5.92 Å². The molecule has 4 heteroatoms. The largest absolute Gasteiger partial charge is 0.462 e. The van der Waals surface area contributed by atoms with Crippen molar-refractivity contribution in [3.8, 4) is 0 Å². The normalized spacial score (nSPS) is 30.3. The summed E-state index contributed by atoms with van der Waals surface area (Å²) in [5.74, 6) is 0.928. The smallest absolute Gasteiger partial charge is 0.310 e. The van der Waals surface area contributed by atoms with E-state index >= 15 is 0 Å². The van der Waals surface area contributed by atoms with E-state index in [9.17, 15) is 4.79 Å². The van der Waals surface area contributed by atoms with Crippen LogP contribution in [0.2, 0.25) is 0 Å². The molecule has 4 nitrogen and oxygen atoms in total. The molecule has 3 atom stereocenters. The van der Waals surface area contributed by atoms with Crippen molar-refractivity contribution in [2.75, 3.05) is 13.1 Å². The van der Waals surface area contributed by atoms with Crippen molar-refractivity contribution in [1.82, 2.24) is 4.90 Å². The topological polar surface area (TPSA) is 38.8 Å². The van der Waals surface area contributed by atoms with Gasteiger partial charge in [0.25, 0.3) is 0 Å². The molecule has 8 rings (SSSR count). The van der Waals surface area contributed by atoms with E-state index in [2.05, 4.69) is 83.8 Å². The number of rotatable bonds is 6. The van der Waals surface area contributed by atoms with Gasteiger partial charge in [-0.05, 0) is 78.4 Å². The van der Waals surface area contributed by atoms with E-state index in [1.165, 1.54) is 35.1 Å². The van der Waals surface area contributed by atoms with Crippen LogP contribution in [0.25, 0.3) is 0 Å². The SMILES string of the molecule is O=C(Cc1ccc2c(c1)COC2)O[C@@H]1CC2(N3CCCC3)C[C@@H](c3ccccc3)C1[C@H](c1ccccc1)C2. The van der Waals surface area contributed by atoms with E-state index < -0.39 is 0 Å². The second-order valence-corrected chi connectivity index (χ2v) is 11.9. The first-order valence-electron chi connectivity index (χ1n) is 14.4. The van der Waals surface area contributed by atoms with Crippen molar-refractivity contribution in [1.29, 1.82) is 0 Å². The van der Waals surface area contributed by atoms with E-state index in [1.54, 1.807) is 0 Å². The zero-order valence-corrected chi connectivity index (χ0v) is 22.1. The lowest BCUT2D eigenvalue weighted by Crippen LogP contribution is -2.62. The van der Waals surface area contributed by atoms with Gasteiger partial charge in [-0.25, -0.2) is 0 Å². The molecular weight excluding hydrogens is 470 g/mol. The molecule has 196 valence electrons. The van der Waals surface area contributed by atoms with E-state index in [0.29, 0.717) is 31.5 Å². The Morgan fingerprint density at radius 3 is 2.11 bits per heavy atom. The molecule has 2 aliphatic heterocycles. The third-order valence-corrected chi connectivity index (χ3v) is 9.79. The molecule has 0 N–H and O–H groups in total. The molecule has 0 radical (unpaired) electrons. The van der Waals surface area contributed by atoms with Crippen LogP contribution in [0.3, 0.4) is 0 Å². The number of carbonyl (C=O) groups is 1. The summed E-state index contributed by atoms with van der Waals surface area (Å²) in [6, 6.07) is 28.3. The third-order valence-electron chi connectivity index (χ3n) is 9.79. The van der Waals surface area contributed by atoms with E-state index in [0.717, 1.165) is 37.9 Å². The summed E-state index contributed by atoms with van der Waals surface area (Å²) in [6.45, 7) is 3.63. The number of fused-ring (bicyclic) bond motifs is 4. The first-order chi connectivity index (χ1) is 18.7. The summed E-state index contributed by atoms with van der Waals surface area (Å²) in [6.07, 6.45) is 6.04. The molecule has 1 saturated heterocycles. The van der Waals surface area contributed by atoms with Crippen molar-refractivity contribution in [2.45, 2.75) is 75.2 Å². The fraction of sp³-hybridized carbons (Fsp3) is 0.441. The Morgan fingerprint density at radius 1 is 0.816 bits per heavy atom. The Labute approximate surface area is 226 Å². The predicted octanol–water partition coefficient (Wildman–Crippen LogP) is 6.39. The maximum Gasteiger partial charge on any atom is 0.310 e. The van der Waals surface area contributed by atoms with Crippen LogP contribution in [-0.4, -0.2) is 35.6 Å².